The average Bonchev–Trinajstić information content (AvgIpc) is 2.68. The van der Waals surface area contributed by atoms with E-state index in [-0.39, 0.29) is 5.69 Å². The van der Waals surface area contributed by atoms with Gasteiger partial charge in [0.15, 0.2) is 5.16 Å². The van der Waals surface area contributed by atoms with Crippen LogP contribution in [0, 0.1) is 10.1 Å². The van der Waals surface area contributed by atoms with E-state index in [2.05, 4.69) is 14.8 Å². The zero-order valence-electron chi connectivity index (χ0n) is 11.4. The van der Waals surface area contributed by atoms with E-state index >= 15 is 0 Å². The van der Waals surface area contributed by atoms with Crippen molar-refractivity contribution in [3.63, 3.8) is 0 Å². The average molecular weight is 305 g/mol. The van der Waals surface area contributed by atoms with Gasteiger partial charge in [-0.1, -0.05) is 6.42 Å². The monoisotopic (exact) mass is 305 g/mol. The van der Waals surface area contributed by atoms with Gasteiger partial charge in [0.05, 0.1) is 4.92 Å². The Kier molecular flexibility index (Phi) is 3.78. The number of aryl methyl sites for hydroxylation is 1. The van der Waals surface area contributed by atoms with Crippen LogP contribution in [0.2, 0.25) is 0 Å². The van der Waals surface area contributed by atoms with Crippen LogP contribution < -0.4 is 5.73 Å². The minimum absolute atomic E-state index is 0.00638. The molecule has 1 aliphatic rings. The lowest BCUT2D eigenvalue weighted by molar-refractivity contribution is -0.385. The number of nitro benzene ring substituents is 1. The minimum atomic E-state index is -0.440. The largest absolute Gasteiger partial charge is 0.398 e. The Morgan fingerprint density at radius 2 is 2.10 bits per heavy atom. The third-order valence-corrected chi connectivity index (χ3v) is 4.37. The number of nitro groups is 1. The van der Waals surface area contributed by atoms with Gasteiger partial charge in [0.25, 0.3) is 5.69 Å². The molecule has 0 spiro atoms. The molecule has 0 fully saturated rings. The van der Waals surface area contributed by atoms with Crippen LogP contribution in [0.15, 0.2) is 28.3 Å². The molecule has 0 atom stereocenters. The highest BCUT2D eigenvalue weighted by Gasteiger charge is 2.17. The van der Waals surface area contributed by atoms with Crippen molar-refractivity contribution in [2.24, 2.45) is 0 Å². The Balaban J connectivity index is 1.90. The lowest BCUT2D eigenvalue weighted by atomic mass is 10.2. The molecule has 0 saturated carbocycles. The van der Waals surface area contributed by atoms with E-state index < -0.39 is 4.92 Å². The molecule has 0 amide bonds. The number of fused-ring (bicyclic) bond motifs is 1. The minimum Gasteiger partial charge on any atom is -0.398 e. The topological polar surface area (TPSA) is 99.9 Å². The summed E-state index contributed by atoms with van der Waals surface area (Å²) >= 11 is 1.37. The van der Waals surface area contributed by atoms with Gasteiger partial charge in [0, 0.05) is 35.7 Å². The third kappa shape index (κ3) is 2.99. The van der Waals surface area contributed by atoms with Crippen LogP contribution in [0.4, 0.5) is 11.4 Å². The molecule has 2 aromatic rings. The number of hydrogen-bond donors (Lipinski definition) is 1. The summed E-state index contributed by atoms with van der Waals surface area (Å²) in [5, 5.41) is 20.1. The number of rotatable bonds is 3. The van der Waals surface area contributed by atoms with E-state index in [9.17, 15) is 10.1 Å². The molecule has 1 aliphatic heterocycles. The van der Waals surface area contributed by atoms with Crippen molar-refractivity contribution in [3.8, 4) is 0 Å². The summed E-state index contributed by atoms with van der Waals surface area (Å²) < 4.78 is 2.10. The van der Waals surface area contributed by atoms with Crippen molar-refractivity contribution < 1.29 is 4.92 Å². The molecule has 2 heterocycles. The fraction of sp³-hybridized carbons (Fsp3) is 0.385. The molecule has 0 saturated heterocycles. The van der Waals surface area contributed by atoms with Crippen molar-refractivity contribution in [1.82, 2.24) is 14.8 Å². The van der Waals surface area contributed by atoms with Crippen LogP contribution in [0.25, 0.3) is 0 Å². The summed E-state index contributed by atoms with van der Waals surface area (Å²) in [5.74, 6) is 0.994. The van der Waals surface area contributed by atoms with Crippen molar-refractivity contribution in [3.05, 3.63) is 34.1 Å². The maximum absolute atomic E-state index is 10.9. The molecule has 21 heavy (non-hydrogen) atoms. The summed E-state index contributed by atoms with van der Waals surface area (Å²) in [7, 11) is 0. The standard InChI is InChI=1S/C13H15N5O2S/c14-9-6-10(18(19)20)8-11(7-9)21-13-16-15-12-4-2-1-3-5-17(12)13/h6-8H,1-5,14H2. The van der Waals surface area contributed by atoms with Crippen molar-refractivity contribution in [1.29, 1.82) is 0 Å². The van der Waals surface area contributed by atoms with Gasteiger partial charge in [-0.2, -0.15) is 0 Å². The molecule has 0 aliphatic carbocycles. The van der Waals surface area contributed by atoms with Gasteiger partial charge < -0.3 is 10.3 Å². The SMILES string of the molecule is Nc1cc(Sc2nnc3n2CCCCC3)cc([N+](=O)[O-])c1. The van der Waals surface area contributed by atoms with E-state index in [0.717, 1.165) is 36.8 Å². The van der Waals surface area contributed by atoms with Crippen molar-refractivity contribution in [2.45, 2.75) is 42.3 Å². The Bertz CT molecular complexity index is 685. The van der Waals surface area contributed by atoms with E-state index in [1.54, 1.807) is 6.07 Å². The van der Waals surface area contributed by atoms with Crippen molar-refractivity contribution >= 4 is 23.1 Å². The van der Waals surface area contributed by atoms with Crippen LogP contribution in [-0.2, 0) is 13.0 Å². The molecule has 110 valence electrons. The van der Waals surface area contributed by atoms with Gasteiger partial charge in [-0.25, -0.2) is 0 Å². The lowest BCUT2D eigenvalue weighted by Crippen LogP contribution is -2.02. The first kappa shape index (κ1) is 13.9. The highest BCUT2D eigenvalue weighted by molar-refractivity contribution is 7.99. The zero-order valence-corrected chi connectivity index (χ0v) is 12.2. The molecule has 3 rings (SSSR count). The fourth-order valence-electron chi connectivity index (χ4n) is 2.41. The molecule has 1 aromatic heterocycles. The second-order valence-corrected chi connectivity index (χ2v) is 6.02. The molecule has 0 radical (unpaired) electrons. The van der Waals surface area contributed by atoms with Crippen LogP contribution >= 0.6 is 11.8 Å². The zero-order chi connectivity index (χ0) is 14.8. The van der Waals surface area contributed by atoms with Crippen molar-refractivity contribution in [2.75, 3.05) is 5.73 Å². The summed E-state index contributed by atoms with van der Waals surface area (Å²) in [5.41, 5.74) is 6.10. The third-order valence-electron chi connectivity index (χ3n) is 3.41. The first-order chi connectivity index (χ1) is 10.1. The second-order valence-electron chi connectivity index (χ2n) is 4.98. The Morgan fingerprint density at radius 1 is 1.24 bits per heavy atom. The highest BCUT2D eigenvalue weighted by Crippen LogP contribution is 2.32. The fourth-order valence-corrected chi connectivity index (χ4v) is 3.38. The molecule has 2 N–H and O–H groups in total. The Labute approximate surface area is 125 Å². The Morgan fingerprint density at radius 3 is 2.90 bits per heavy atom. The maximum atomic E-state index is 10.9. The second kappa shape index (κ2) is 5.72. The molecular formula is C13H15N5O2S. The number of aromatic nitrogens is 3. The summed E-state index contributed by atoms with van der Waals surface area (Å²) in [6, 6.07) is 4.59. The molecule has 1 aromatic carbocycles. The Hall–Kier alpha value is -2.09. The van der Waals surface area contributed by atoms with Gasteiger partial charge in [0.1, 0.15) is 5.82 Å². The van der Waals surface area contributed by atoms with Gasteiger partial charge in [-0.3, -0.25) is 10.1 Å². The predicted molar refractivity (Wildman–Crippen MR) is 79.2 cm³/mol. The molecular weight excluding hydrogens is 290 g/mol. The van der Waals surface area contributed by atoms with E-state index in [1.807, 2.05) is 0 Å². The number of nitrogens with zero attached hydrogens (tertiary/aromatic N) is 4. The van der Waals surface area contributed by atoms with Crippen LogP contribution in [0.5, 0.6) is 0 Å². The summed E-state index contributed by atoms with van der Waals surface area (Å²) in [6.07, 6.45) is 4.37. The van der Waals surface area contributed by atoms with Crippen LogP contribution in [-0.4, -0.2) is 19.7 Å². The number of nitrogens with two attached hydrogens (primary N) is 1. The maximum Gasteiger partial charge on any atom is 0.272 e. The summed E-state index contributed by atoms with van der Waals surface area (Å²) in [6.45, 7) is 0.898. The summed E-state index contributed by atoms with van der Waals surface area (Å²) in [4.78, 5) is 11.2. The van der Waals surface area contributed by atoms with Crippen LogP contribution in [0.1, 0.15) is 25.1 Å². The number of hydrogen-bond acceptors (Lipinski definition) is 6. The molecule has 7 nitrogen and oxygen atoms in total. The van der Waals surface area contributed by atoms with E-state index in [1.165, 1.54) is 30.3 Å². The first-order valence-corrected chi connectivity index (χ1v) is 7.60. The number of benzene rings is 1. The lowest BCUT2D eigenvalue weighted by Gasteiger charge is -2.06. The van der Waals surface area contributed by atoms with Crippen LogP contribution in [0.3, 0.4) is 0 Å². The highest BCUT2D eigenvalue weighted by atomic mass is 32.2. The van der Waals surface area contributed by atoms with Gasteiger partial charge in [0.2, 0.25) is 0 Å². The quantitative estimate of drug-likeness (QED) is 0.531. The molecule has 0 bridgehead atoms. The number of non-ortho nitro benzene ring substituents is 1. The van der Waals surface area contributed by atoms with Gasteiger partial charge in [-0.05, 0) is 30.7 Å². The first-order valence-electron chi connectivity index (χ1n) is 6.78. The van der Waals surface area contributed by atoms with E-state index in [0.29, 0.717) is 10.6 Å². The normalized spacial score (nSPS) is 14.5. The van der Waals surface area contributed by atoms with Gasteiger partial charge >= 0.3 is 0 Å². The van der Waals surface area contributed by atoms with Gasteiger partial charge in [-0.15, -0.1) is 10.2 Å². The molecule has 0 unspecified atom stereocenters. The number of nitrogen functional groups attached to an aromatic ring is 1. The number of anilines is 1. The van der Waals surface area contributed by atoms with E-state index in [4.69, 9.17) is 5.73 Å². The predicted octanol–water partition coefficient (Wildman–Crippen LogP) is 2.65. The smallest absolute Gasteiger partial charge is 0.272 e. The molecule has 8 heteroatoms.